The van der Waals surface area contributed by atoms with Crippen molar-refractivity contribution < 1.29 is 4.79 Å². The summed E-state index contributed by atoms with van der Waals surface area (Å²) in [6.07, 6.45) is 1.57. The molecule has 2 aromatic heterocycles. The molecule has 4 heterocycles. The number of nitrogen functional groups attached to an aromatic ring is 2. The van der Waals surface area contributed by atoms with Gasteiger partial charge in [0, 0.05) is 50.4 Å². The minimum absolute atomic E-state index is 0.273. The maximum Gasteiger partial charge on any atom is 0.223 e. The predicted octanol–water partition coefficient (Wildman–Crippen LogP) is 1.61. The number of carbonyl (C=O) groups is 1. The van der Waals surface area contributed by atoms with E-state index in [4.69, 9.17) is 16.5 Å². The second-order valence-corrected chi connectivity index (χ2v) is 7.58. The molecule has 0 radical (unpaired) electrons. The highest BCUT2D eigenvalue weighted by Crippen LogP contribution is 2.36. The highest BCUT2D eigenvalue weighted by atomic mass is 16.2. The molecule has 0 unspecified atom stereocenters. The van der Waals surface area contributed by atoms with Crippen molar-refractivity contribution in [3.63, 3.8) is 0 Å². The number of amides is 1. The first kappa shape index (κ1) is 16.9. The van der Waals surface area contributed by atoms with Crippen LogP contribution in [0.3, 0.4) is 0 Å². The lowest BCUT2D eigenvalue weighted by Crippen LogP contribution is -2.51. The van der Waals surface area contributed by atoms with Crippen molar-refractivity contribution >= 4 is 34.3 Å². The summed E-state index contributed by atoms with van der Waals surface area (Å²) in [6, 6.07) is 10.1. The monoisotopic (exact) mass is 377 g/mol. The van der Waals surface area contributed by atoms with Crippen LogP contribution in [0.1, 0.15) is 12.8 Å². The number of piperazine rings is 1. The third-order valence-electron chi connectivity index (χ3n) is 5.85. The Morgan fingerprint density at radius 1 is 1.14 bits per heavy atom. The molecule has 2 aliphatic rings. The van der Waals surface area contributed by atoms with Crippen LogP contribution in [0.25, 0.3) is 22.2 Å². The lowest BCUT2D eigenvalue weighted by Gasteiger charge is -2.38. The molecule has 28 heavy (non-hydrogen) atoms. The Balaban J connectivity index is 1.61. The first-order valence-corrected chi connectivity index (χ1v) is 9.55. The van der Waals surface area contributed by atoms with Crippen LogP contribution in [0, 0.1) is 0 Å². The highest BCUT2D eigenvalue weighted by Gasteiger charge is 2.36. The number of carbonyl (C=O) groups excluding carboxylic acids is 1. The van der Waals surface area contributed by atoms with Gasteiger partial charge in [-0.3, -0.25) is 4.79 Å². The van der Waals surface area contributed by atoms with Crippen LogP contribution in [-0.4, -0.2) is 51.2 Å². The van der Waals surface area contributed by atoms with Crippen LogP contribution >= 0.6 is 0 Å². The van der Waals surface area contributed by atoms with Gasteiger partial charge < -0.3 is 21.3 Å². The summed E-state index contributed by atoms with van der Waals surface area (Å²) in [7, 11) is 1.86. The van der Waals surface area contributed by atoms with E-state index >= 15 is 0 Å². The van der Waals surface area contributed by atoms with Gasteiger partial charge in [-0.15, -0.1) is 0 Å². The number of nitrogens with two attached hydrogens (primary N) is 2. The molecular formula is C20H23N7O. The van der Waals surface area contributed by atoms with Crippen LogP contribution in [0.2, 0.25) is 0 Å². The normalized spacial score (nSPS) is 19.5. The number of aryl methyl sites for hydroxylation is 1. The van der Waals surface area contributed by atoms with E-state index in [0.717, 1.165) is 59.7 Å². The molecule has 144 valence electrons. The third-order valence-corrected chi connectivity index (χ3v) is 5.85. The molecule has 0 saturated carbocycles. The number of fused-ring (bicyclic) bond motifs is 2. The molecule has 2 fully saturated rings. The van der Waals surface area contributed by atoms with Gasteiger partial charge in [-0.2, -0.15) is 5.10 Å². The number of aromatic nitrogens is 3. The maximum absolute atomic E-state index is 12.0. The molecule has 0 aliphatic carbocycles. The van der Waals surface area contributed by atoms with Crippen LogP contribution in [0.15, 0.2) is 30.3 Å². The molecule has 8 nitrogen and oxygen atoms in total. The summed E-state index contributed by atoms with van der Waals surface area (Å²) in [4.78, 5) is 21.2. The predicted molar refractivity (Wildman–Crippen MR) is 110 cm³/mol. The van der Waals surface area contributed by atoms with Gasteiger partial charge in [-0.05, 0) is 30.2 Å². The van der Waals surface area contributed by atoms with Gasteiger partial charge in [0.1, 0.15) is 5.82 Å². The Morgan fingerprint density at radius 3 is 2.71 bits per heavy atom. The fraction of sp³-hybridized carbons (Fsp3) is 0.350. The highest BCUT2D eigenvalue weighted by molar-refractivity contribution is 6.01. The number of rotatable bonds is 2. The Bertz CT molecular complexity index is 1070. The van der Waals surface area contributed by atoms with Crippen LogP contribution in [-0.2, 0) is 11.8 Å². The largest absolute Gasteiger partial charge is 0.399 e. The minimum Gasteiger partial charge on any atom is -0.399 e. The molecule has 1 aromatic carbocycles. The molecule has 4 N–H and O–H groups in total. The van der Waals surface area contributed by atoms with Gasteiger partial charge in [0.05, 0.1) is 5.39 Å². The van der Waals surface area contributed by atoms with Gasteiger partial charge in [0.2, 0.25) is 5.91 Å². The molecule has 2 saturated heterocycles. The smallest absolute Gasteiger partial charge is 0.223 e. The number of nitrogens with zero attached hydrogens (tertiary/aromatic N) is 5. The van der Waals surface area contributed by atoms with Crippen molar-refractivity contribution in [3.8, 4) is 11.1 Å². The minimum atomic E-state index is 0.273. The summed E-state index contributed by atoms with van der Waals surface area (Å²) in [5, 5.41) is 5.23. The van der Waals surface area contributed by atoms with Crippen molar-refractivity contribution in [1.29, 1.82) is 0 Å². The zero-order chi connectivity index (χ0) is 19.4. The number of benzene rings is 1. The van der Waals surface area contributed by atoms with E-state index in [1.807, 2.05) is 36.2 Å². The maximum atomic E-state index is 12.0. The van der Waals surface area contributed by atoms with E-state index in [0.29, 0.717) is 12.2 Å². The van der Waals surface area contributed by atoms with Crippen molar-refractivity contribution in [2.75, 3.05) is 36.0 Å². The van der Waals surface area contributed by atoms with Crippen molar-refractivity contribution in [2.45, 2.75) is 18.9 Å². The molecule has 1 atom stereocenters. The van der Waals surface area contributed by atoms with Gasteiger partial charge in [0.25, 0.3) is 0 Å². The lowest BCUT2D eigenvalue weighted by molar-refractivity contribution is -0.129. The average molecular weight is 377 g/mol. The summed E-state index contributed by atoms with van der Waals surface area (Å²) < 4.78 is 1.73. The SMILES string of the molecule is Cn1nc(N)c2c(-c3ccc(N)cc3)cc(N3CCN4C(=O)CC[C@@H]4C3)nc21. The number of hydrogen-bond acceptors (Lipinski definition) is 6. The first-order chi connectivity index (χ1) is 13.5. The second kappa shape index (κ2) is 6.12. The number of hydrogen-bond donors (Lipinski definition) is 2. The van der Waals surface area contributed by atoms with Crippen LogP contribution in [0.4, 0.5) is 17.3 Å². The molecular weight excluding hydrogens is 354 g/mol. The first-order valence-electron chi connectivity index (χ1n) is 9.55. The fourth-order valence-corrected chi connectivity index (χ4v) is 4.39. The molecule has 3 aromatic rings. The van der Waals surface area contributed by atoms with E-state index in [1.54, 1.807) is 4.68 Å². The molecule has 0 bridgehead atoms. The van der Waals surface area contributed by atoms with E-state index in [9.17, 15) is 4.79 Å². The second-order valence-electron chi connectivity index (χ2n) is 7.58. The fourth-order valence-electron chi connectivity index (χ4n) is 4.39. The summed E-state index contributed by atoms with van der Waals surface area (Å²) in [5.74, 6) is 1.63. The van der Waals surface area contributed by atoms with E-state index < -0.39 is 0 Å². The lowest BCUT2D eigenvalue weighted by atomic mass is 10.0. The van der Waals surface area contributed by atoms with Crippen LogP contribution in [0.5, 0.6) is 0 Å². The standard InChI is InChI=1S/C20H23N7O/c1-25-20-18(19(22)24-25)15(12-2-4-13(21)5-3-12)10-16(23-20)26-8-9-27-14(11-26)6-7-17(27)28/h2-5,10,14H,6-9,11,21H2,1H3,(H2,22,24)/t14-/m1/s1. The Kier molecular flexibility index (Phi) is 3.68. The average Bonchev–Trinajstić information content (AvgIpc) is 3.21. The Morgan fingerprint density at radius 2 is 1.93 bits per heavy atom. The van der Waals surface area contributed by atoms with E-state index in [2.05, 4.69) is 16.1 Å². The molecule has 2 aliphatic heterocycles. The van der Waals surface area contributed by atoms with Gasteiger partial charge in [0.15, 0.2) is 11.5 Å². The topological polar surface area (TPSA) is 106 Å². The Labute approximate surface area is 162 Å². The van der Waals surface area contributed by atoms with Gasteiger partial charge in [-0.25, -0.2) is 9.67 Å². The number of anilines is 3. The molecule has 8 heteroatoms. The molecule has 1 amide bonds. The van der Waals surface area contributed by atoms with Crippen molar-refractivity contribution in [3.05, 3.63) is 30.3 Å². The van der Waals surface area contributed by atoms with Gasteiger partial charge in [-0.1, -0.05) is 12.1 Å². The molecule has 5 rings (SSSR count). The van der Waals surface area contributed by atoms with Gasteiger partial charge >= 0.3 is 0 Å². The Hall–Kier alpha value is -3.29. The van der Waals surface area contributed by atoms with E-state index in [-0.39, 0.29) is 11.9 Å². The quantitative estimate of drug-likeness (QED) is 0.657. The molecule has 0 spiro atoms. The van der Waals surface area contributed by atoms with Crippen molar-refractivity contribution in [1.82, 2.24) is 19.7 Å². The summed E-state index contributed by atoms with van der Waals surface area (Å²) in [5.41, 5.74) is 15.6. The zero-order valence-electron chi connectivity index (χ0n) is 15.8. The van der Waals surface area contributed by atoms with Crippen LogP contribution < -0.4 is 16.4 Å². The van der Waals surface area contributed by atoms with E-state index in [1.165, 1.54) is 0 Å². The van der Waals surface area contributed by atoms with Crippen molar-refractivity contribution in [2.24, 2.45) is 7.05 Å². The summed E-state index contributed by atoms with van der Waals surface area (Å²) >= 11 is 0. The third kappa shape index (κ3) is 2.56. The number of pyridine rings is 1. The zero-order valence-corrected chi connectivity index (χ0v) is 15.8. The summed E-state index contributed by atoms with van der Waals surface area (Å²) in [6.45, 7) is 2.32.